The number of ether oxygens (including phenoxy) is 3. The fourth-order valence-corrected chi connectivity index (χ4v) is 1.86. The molecule has 0 unspecified atom stereocenters. The minimum absolute atomic E-state index is 0.0187. The number of hydrogen-bond donors (Lipinski definition) is 1. The molecule has 2 aromatic rings. The zero-order chi connectivity index (χ0) is 13.8. The van der Waals surface area contributed by atoms with E-state index in [2.05, 4.69) is 25.9 Å². The predicted octanol–water partition coefficient (Wildman–Crippen LogP) is 2.34. The van der Waals surface area contributed by atoms with Crippen LogP contribution in [0.25, 0.3) is 0 Å². The SMILES string of the molecule is COc1ccc(Oc2nc[nH]c(=O)c2OC)c(Br)c1. The zero-order valence-electron chi connectivity index (χ0n) is 10.3. The number of hydrogen-bond acceptors (Lipinski definition) is 5. The smallest absolute Gasteiger partial charge is 0.297 e. The average Bonchev–Trinajstić information content (AvgIpc) is 2.41. The molecular formula is C12H11BrN2O4. The molecule has 0 aliphatic carbocycles. The van der Waals surface area contributed by atoms with Crippen molar-refractivity contribution in [1.29, 1.82) is 0 Å². The van der Waals surface area contributed by atoms with Gasteiger partial charge in [0.05, 0.1) is 25.0 Å². The maximum atomic E-state index is 11.5. The van der Waals surface area contributed by atoms with Crippen molar-refractivity contribution in [3.05, 3.63) is 39.4 Å². The Bertz CT molecular complexity index is 642. The molecule has 7 heteroatoms. The van der Waals surface area contributed by atoms with Gasteiger partial charge in [-0.1, -0.05) is 0 Å². The van der Waals surface area contributed by atoms with Gasteiger partial charge in [-0.3, -0.25) is 4.79 Å². The lowest BCUT2D eigenvalue weighted by Gasteiger charge is -2.10. The molecule has 0 saturated heterocycles. The largest absolute Gasteiger partial charge is 0.497 e. The Labute approximate surface area is 117 Å². The van der Waals surface area contributed by atoms with Gasteiger partial charge >= 0.3 is 0 Å². The third-order valence-corrected chi connectivity index (χ3v) is 2.95. The van der Waals surface area contributed by atoms with Crippen LogP contribution >= 0.6 is 15.9 Å². The van der Waals surface area contributed by atoms with Crippen molar-refractivity contribution in [2.24, 2.45) is 0 Å². The third-order valence-electron chi connectivity index (χ3n) is 2.33. The zero-order valence-corrected chi connectivity index (χ0v) is 11.9. The molecule has 100 valence electrons. The fraction of sp³-hybridized carbons (Fsp3) is 0.167. The highest BCUT2D eigenvalue weighted by molar-refractivity contribution is 9.10. The second kappa shape index (κ2) is 5.75. The van der Waals surface area contributed by atoms with Crippen LogP contribution in [0, 0.1) is 0 Å². The maximum Gasteiger partial charge on any atom is 0.297 e. The maximum absolute atomic E-state index is 11.5. The topological polar surface area (TPSA) is 73.4 Å². The van der Waals surface area contributed by atoms with Crippen molar-refractivity contribution in [2.45, 2.75) is 0 Å². The molecule has 6 nitrogen and oxygen atoms in total. The highest BCUT2D eigenvalue weighted by Crippen LogP contribution is 2.33. The molecule has 0 aliphatic rings. The summed E-state index contributed by atoms with van der Waals surface area (Å²) in [5.74, 6) is 1.30. The summed E-state index contributed by atoms with van der Waals surface area (Å²) in [6, 6.07) is 5.18. The molecule has 0 aliphatic heterocycles. The van der Waals surface area contributed by atoms with Crippen LogP contribution in [0.5, 0.6) is 23.1 Å². The highest BCUT2D eigenvalue weighted by Gasteiger charge is 2.13. The van der Waals surface area contributed by atoms with Gasteiger partial charge < -0.3 is 19.2 Å². The number of H-pyrrole nitrogens is 1. The van der Waals surface area contributed by atoms with Crippen molar-refractivity contribution in [1.82, 2.24) is 9.97 Å². The molecule has 1 aromatic heterocycles. The van der Waals surface area contributed by atoms with Gasteiger partial charge in [-0.2, -0.15) is 0 Å². The van der Waals surface area contributed by atoms with Crippen molar-refractivity contribution >= 4 is 15.9 Å². The Balaban J connectivity index is 2.36. The van der Waals surface area contributed by atoms with Crippen LogP contribution in [-0.4, -0.2) is 24.2 Å². The number of nitrogens with zero attached hydrogens (tertiary/aromatic N) is 1. The molecule has 19 heavy (non-hydrogen) atoms. The van der Waals surface area contributed by atoms with E-state index in [1.165, 1.54) is 13.4 Å². The fourth-order valence-electron chi connectivity index (χ4n) is 1.42. The summed E-state index contributed by atoms with van der Waals surface area (Å²) in [6.45, 7) is 0. The molecule has 0 amide bonds. The standard InChI is InChI=1S/C12H11BrN2O4/c1-17-7-3-4-9(8(13)5-7)19-12-10(18-2)11(16)14-6-15-12/h3-6H,1-2H3,(H,14,15,16). The summed E-state index contributed by atoms with van der Waals surface area (Å²) >= 11 is 3.35. The average molecular weight is 327 g/mol. The van der Waals surface area contributed by atoms with E-state index in [4.69, 9.17) is 14.2 Å². The summed E-state index contributed by atoms with van der Waals surface area (Å²) < 4.78 is 16.3. The Morgan fingerprint density at radius 3 is 2.68 bits per heavy atom. The van der Waals surface area contributed by atoms with E-state index in [1.54, 1.807) is 25.3 Å². The van der Waals surface area contributed by atoms with Gasteiger partial charge in [-0.05, 0) is 34.1 Å². The Hall–Kier alpha value is -2.02. The van der Waals surface area contributed by atoms with Crippen molar-refractivity contribution in [3.63, 3.8) is 0 Å². The molecule has 1 aromatic carbocycles. The lowest BCUT2D eigenvalue weighted by molar-refractivity contribution is 0.361. The number of benzene rings is 1. The molecule has 2 rings (SSSR count). The second-order valence-corrected chi connectivity index (χ2v) is 4.32. The van der Waals surface area contributed by atoms with Crippen molar-refractivity contribution in [2.75, 3.05) is 14.2 Å². The predicted molar refractivity (Wildman–Crippen MR) is 72.2 cm³/mol. The lowest BCUT2D eigenvalue weighted by Crippen LogP contribution is -2.11. The second-order valence-electron chi connectivity index (χ2n) is 3.47. The van der Waals surface area contributed by atoms with Crippen molar-refractivity contribution < 1.29 is 14.2 Å². The summed E-state index contributed by atoms with van der Waals surface area (Å²) in [6.07, 6.45) is 1.25. The first-order chi connectivity index (χ1) is 9.15. The molecular weight excluding hydrogens is 316 g/mol. The molecule has 0 saturated carbocycles. The Morgan fingerprint density at radius 2 is 2.05 bits per heavy atom. The summed E-state index contributed by atoms with van der Waals surface area (Å²) in [5, 5.41) is 0. The number of halogens is 1. The quantitative estimate of drug-likeness (QED) is 0.933. The minimum atomic E-state index is -0.405. The van der Waals surface area contributed by atoms with Crippen LogP contribution in [0.2, 0.25) is 0 Å². The number of nitrogens with one attached hydrogen (secondary N) is 1. The first kappa shape index (κ1) is 13.4. The van der Waals surface area contributed by atoms with E-state index in [0.29, 0.717) is 16.0 Å². The van der Waals surface area contributed by atoms with Gasteiger partial charge in [0.1, 0.15) is 11.5 Å². The number of methoxy groups -OCH3 is 2. The van der Waals surface area contributed by atoms with Crippen molar-refractivity contribution in [3.8, 4) is 23.1 Å². The Morgan fingerprint density at radius 1 is 1.26 bits per heavy atom. The van der Waals surface area contributed by atoms with E-state index in [1.807, 2.05) is 0 Å². The van der Waals surface area contributed by atoms with Crippen LogP contribution in [0.15, 0.2) is 33.8 Å². The molecule has 0 bridgehead atoms. The number of aromatic amines is 1. The van der Waals surface area contributed by atoms with E-state index < -0.39 is 5.56 Å². The number of rotatable bonds is 4. The first-order valence-electron chi connectivity index (χ1n) is 5.28. The molecule has 0 spiro atoms. The molecule has 0 fully saturated rings. The van der Waals surface area contributed by atoms with E-state index >= 15 is 0 Å². The number of aromatic nitrogens is 2. The summed E-state index contributed by atoms with van der Waals surface area (Å²) in [4.78, 5) is 17.9. The van der Waals surface area contributed by atoms with E-state index in [9.17, 15) is 4.79 Å². The van der Waals surface area contributed by atoms with E-state index in [-0.39, 0.29) is 11.6 Å². The van der Waals surface area contributed by atoms with Gasteiger partial charge in [-0.25, -0.2) is 4.98 Å². The van der Waals surface area contributed by atoms with Gasteiger partial charge in [0, 0.05) is 0 Å². The van der Waals surface area contributed by atoms with E-state index in [0.717, 1.165) is 0 Å². The monoisotopic (exact) mass is 326 g/mol. The van der Waals surface area contributed by atoms with Gasteiger partial charge in [0.25, 0.3) is 11.4 Å². The normalized spacial score (nSPS) is 10.1. The van der Waals surface area contributed by atoms with Crippen LogP contribution in [0.3, 0.4) is 0 Å². The first-order valence-corrected chi connectivity index (χ1v) is 6.08. The minimum Gasteiger partial charge on any atom is -0.497 e. The molecule has 0 atom stereocenters. The summed E-state index contributed by atoms with van der Waals surface area (Å²) in [7, 11) is 2.95. The molecule has 0 radical (unpaired) electrons. The molecule has 1 heterocycles. The van der Waals surface area contributed by atoms with Crippen LogP contribution in [-0.2, 0) is 0 Å². The lowest BCUT2D eigenvalue weighted by atomic mass is 10.3. The van der Waals surface area contributed by atoms with Crippen LogP contribution in [0.4, 0.5) is 0 Å². The van der Waals surface area contributed by atoms with Crippen LogP contribution < -0.4 is 19.8 Å². The summed E-state index contributed by atoms with van der Waals surface area (Å²) in [5.41, 5.74) is -0.405. The van der Waals surface area contributed by atoms with Gasteiger partial charge in [-0.15, -0.1) is 0 Å². The Kier molecular flexibility index (Phi) is 4.06. The van der Waals surface area contributed by atoms with Gasteiger partial charge in [0.2, 0.25) is 5.75 Å². The van der Waals surface area contributed by atoms with Gasteiger partial charge in [0.15, 0.2) is 0 Å². The highest BCUT2D eigenvalue weighted by atomic mass is 79.9. The molecule has 1 N–H and O–H groups in total. The van der Waals surface area contributed by atoms with Crippen LogP contribution in [0.1, 0.15) is 0 Å². The third kappa shape index (κ3) is 2.87.